The molecule has 0 spiro atoms. The maximum Gasteiger partial charge on any atom is 0.173 e. The molecule has 1 aromatic heterocycles. The highest BCUT2D eigenvalue weighted by Crippen LogP contribution is 2.40. The van der Waals surface area contributed by atoms with Crippen molar-refractivity contribution in [2.75, 3.05) is 0 Å². The van der Waals surface area contributed by atoms with Crippen molar-refractivity contribution in [1.29, 1.82) is 0 Å². The number of carbonyl (C=O) groups is 1. The van der Waals surface area contributed by atoms with Crippen LogP contribution >= 0.6 is 11.3 Å². The van der Waals surface area contributed by atoms with Crippen LogP contribution in [0.2, 0.25) is 0 Å². The molecule has 1 aliphatic carbocycles. The molecule has 20 heavy (non-hydrogen) atoms. The number of fused-ring (bicyclic) bond motifs is 5. The molecule has 4 rings (SSSR count). The molecule has 0 atom stereocenters. The van der Waals surface area contributed by atoms with E-state index in [1.165, 1.54) is 33.0 Å². The van der Waals surface area contributed by atoms with Gasteiger partial charge in [-0.3, -0.25) is 4.79 Å². The van der Waals surface area contributed by atoms with E-state index in [1.807, 2.05) is 0 Å². The van der Waals surface area contributed by atoms with Crippen molar-refractivity contribution in [3.05, 3.63) is 57.8 Å². The second kappa shape index (κ2) is 4.29. The first-order valence-electron chi connectivity index (χ1n) is 6.88. The van der Waals surface area contributed by atoms with Crippen LogP contribution in [-0.4, -0.2) is 5.78 Å². The molecule has 0 amide bonds. The third-order valence-electron chi connectivity index (χ3n) is 4.14. The number of rotatable bonds is 0. The van der Waals surface area contributed by atoms with Gasteiger partial charge < -0.3 is 0 Å². The van der Waals surface area contributed by atoms with Crippen molar-refractivity contribution in [3.8, 4) is 11.1 Å². The largest absolute Gasteiger partial charge is 0.293 e. The fraction of sp³-hybridized carbons (Fsp3) is 0.167. The average Bonchev–Trinajstić information content (AvgIpc) is 2.78. The lowest BCUT2D eigenvalue weighted by atomic mass is 9.93. The number of Topliss-reactive ketones (excluding diaryl/α,β-unsaturated/α-hetero) is 1. The monoisotopic (exact) mass is 278 g/mol. The number of hydrogen-bond donors (Lipinski definition) is 0. The molecule has 2 heteroatoms. The zero-order valence-corrected chi connectivity index (χ0v) is 12.1. The van der Waals surface area contributed by atoms with Gasteiger partial charge in [0.2, 0.25) is 0 Å². The summed E-state index contributed by atoms with van der Waals surface area (Å²) in [6, 6.07) is 12.8. The van der Waals surface area contributed by atoms with E-state index in [0.29, 0.717) is 12.2 Å². The Hall–Kier alpha value is -1.93. The molecular weight excluding hydrogens is 264 g/mol. The number of ketones is 1. The van der Waals surface area contributed by atoms with Crippen molar-refractivity contribution < 1.29 is 4.79 Å². The number of aryl methyl sites for hydroxylation is 2. The lowest BCUT2D eigenvalue weighted by molar-refractivity contribution is 0.0988. The van der Waals surface area contributed by atoms with Crippen LogP contribution in [0, 0.1) is 6.92 Å². The average molecular weight is 278 g/mol. The summed E-state index contributed by atoms with van der Waals surface area (Å²) in [6.45, 7) is 2.10. The highest BCUT2D eigenvalue weighted by atomic mass is 32.1. The minimum atomic E-state index is 0.290. The quantitative estimate of drug-likeness (QED) is 0.565. The first kappa shape index (κ1) is 11.9. The number of carbonyl (C=O) groups excluding carboxylic acids is 1. The summed E-state index contributed by atoms with van der Waals surface area (Å²) >= 11 is 1.59. The van der Waals surface area contributed by atoms with E-state index in [4.69, 9.17) is 0 Å². The summed E-state index contributed by atoms with van der Waals surface area (Å²) in [4.78, 5) is 13.3. The zero-order valence-electron chi connectivity index (χ0n) is 11.3. The minimum absolute atomic E-state index is 0.290. The van der Waals surface area contributed by atoms with Gasteiger partial charge in [0.15, 0.2) is 5.78 Å². The zero-order chi connectivity index (χ0) is 13.7. The van der Waals surface area contributed by atoms with E-state index in [2.05, 4.69) is 48.7 Å². The number of hydrogen-bond acceptors (Lipinski definition) is 2. The van der Waals surface area contributed by atoms with Crippen molar-refractivity contribution >= 4 is 27.9 Å². The summed E-state index contributed by atoms with van der Waals surface area (Å²) in [5.41, 5.74) is 4.97. The van der Waals surface area contributed by atoms with Gasteiger partial charge in [0.05, 0.1) is 4.88 Å². The summed E-state index contributed by atoms with van der Waals surface area (Å²) in [5.74, 6) is 0.290. The maximum atomic E-state index is 12.3. The first-order chi connectivity index (χ1) is 9.75. The van der Waals surface area contributed by atoms with Gasteiger partial charge in [-0.05, 0) is 46.2 Å². The van der Waals surface area contributed by atoms with Crippen LogP contribution < -0.4 is 0 Å². The van der Waals surface area contributed by atoms with Crippen LogP contribution in [0.15, 0.2) is 41.8 Å². The molecule has 1 nitrogen and oxygen atoms in total. The van der Waals surface area contributed by atoms with Crippen molar-refractivity contribution in [3.63, 3.8) is 0 Å². The topological polar surface area (TPSA) is 17.1 Å². The maximum absolute atomic E-state index is 12.3. The molecule has 0 fully saturated rings. The van der Waals surface area contributed by atoms with Gasteiger partial charge in [-0.15, -0.1) is 11.3 Å². The van der Waals surface area contributed by atoms with Gasteiger partial charge in [0.25, 0.3) is 0 Å². The fourth-order valence-electron chi connectivity index (χ4n) is 3.18. The van der Waals surface area contributed by atoms with Crippen LogP contribution in [0.4, 0.5) is 0 Å². The van der Waals surface area contributed by atoms with Gasteiger partial charge in [-0.25, -0.2) is 0 Å². The predicted molar refractivity (Wildman–Crippen MR) is 84.6 cm³/mol. The Morgan fingerprint density at radius 2 is 1.90 bits per heavy atom. The second-order valence-electron chi connectivity index (χ2n) is 5.36. The smallest absolute Gasteiger partial charge is 0.173 e. The van der Waals surface area contributed by atoms with E-state index in [0.717, 1.165) is 11.3 Å². The van der Waals surface area contributed by atoms with Gasteiger partial charge >= 0.3 is 0 Å². The predicted octanol–water partition coefficient (Wildman–Crippen LogP) is 5.01. The van der Waals surface area contributed by atoms with E-state index >= 15 is 0 Å². The van der Waals surface area contributed by atoms with Gasteiger partial charge in [0.1, 0.15) is 0 Å². The molecule has 98 valence electrons. The van der Waals surface area contributed by atoms with Crippen molar-refractivity contribution in [2.24, 2.45) is 0 Å². The molecule has 0 N–H and O–H groups in total. The van der Waals surface area contributed by atoms with Gasteiger partial charge in [-0.1, -0.05) is 36.4 Å². The molecule has 1 aliphatic rings. The standard InChI is InChI=1S/C18H14OS/c1-11-10-20-18-16(19)9-8-14-13-5-3-2-4-12(13)6-7-15(14)17(11)18/h2-7,10H,8-9H2,1H3. The van der Waals surface area contributed by atoms with E-state index in [9.17, 15) is 4.79 Å². The Bertz CT molecular complexity index is 842. The Morgan fingerprint density at radius 3 is 2.80 bits per heavy atom. The summed E-state index contributed by atoms with van der Waals surface area (Å²) in [6.07, 6.45) is 1.46. The van der Waals surface area contributed by atoms with E-state index < -0.39 is 0 Å². The molecule has 0 aliphatic heterocycles. The van der Waals surface area contributed by atoms with Crippen LogP contribution in [0.3, 0.4) is 0 Å². The van der Waals surface area contributed by atoms with Gasteiger partial charge in [-0.2, -0.15) is 0 Å². The summed E-state index contributed by atoms with van der Waals surface area (Å²) in [7, 11) is 0. The molecule has 3 aromatic rings. The van der Waals surface area contributed by atoms with E-state index in [-0.39, 0.29) is 0 Å². The minimum Gasteiger partial charge on any atom is -0.293 e. The molecule has 0 saturated carbocycles. The molecular formula is C18H14OS. The normalized spacial score (nSPS) is 13.9. The summed E-state index contributed by atoms with van der Waals surface area (Å²) in [5, 5.41) is 4.65. The third-order valence-corrected chi connectivity index (χ3v) is 5.28. The lowest BCUT2D eigenvalue weighted by Crippen LogP contribution is -1.96. The molecule has 0 bridgehead atoms. The third kappa shape index (κ3) is 1.58. The Kier molecular flexibility index (Phi) is 2.54. The lowest BCUT2D eigenvalue weighted by Gasteiger charge is -2.11. The fourth-order valence-corrected chi connectivity index (χ4v) is 4.21. The Morgan fingerprint density at radius 1 is 1.05 bits per heavy atom. The molecule has 1 heterocycles. The number of benzene rings is 2. The van der Waals surface area contributed by atoms with Crippen LogP contribution in [-0.2, 0) is 6.42 Å². The van der Waals surface area contributed by atoms with Crippen LogP contribution in [0.1, 0.15) is 27.2 Å². The van der Waals surface area contributed by atoms with Crippen LogP contribution in [0.25, 0.3) is 21.9 Å². The molecule has 0 unspecified atom stereocenters. The first-order valence-corrected chi connectivity index (χ1v) is 7.76. The van der Waals surface area contributed by atoms with E-state index in [1.54, 1.807) is 11.3 Å². The Balaban J connectivity index is 2.12. The summed E-state index contributed by atoms with van der Waals surface area (Å²) < 4.78 is 0. The van der Waals surface area contributed by atoms with Crippen molar-refractivity contribution in [2.45, 2.75) is 19.8 Å². The second-order valence-corrected chi connectivity index (χ2v) is 6.24. The SMILES string of the molecule is Cc1csc2c1-c1ccc3ccccc3c1CCC2=O. The van der Waals surface area contributed by atoms with Gasteiger partial charge in [0, 0.05) is 12.0 Å². The number of thiophene rings is 1. The highest BCUT2D eigenvalue weighted by Gasteiger charge is 2.24. The van der Waals surface area contributed by atoms with Crippen LogP contribution in [0.5, 0.6) is 0 Å². The molecule has 0 radical (unpaired) electrons. The highest BCUT2D eigenvalue weighted by molar-refractivity contribution is 7.12. The Labute approximate surface area is 121 Å². The molecule has 2 aromatic carbocycles. The molecule has 0 saturated heterocycles. The van der Waals surface area contributed by atoms with Crippen molar-refractivity contribution in [1.82, 2.24) is 0 Å².